The van der Waals surface area contributed by atoms with Crippen molar-refractivity contribution in [1.29, 1.82) is 0 Å². The third-order valence-corrected chi connectivity index (χ3v) is 6.20. The minimum Gasteiger partial charge on any atom is -0.484 e. The minimum atomic E-state index is -1.55. The summed E-state index contributed by atoms with van der Waals surface area (Å²) in [7, 11) is 0. The van der Waals surface area contributed by atoms with Gasteiger partial charge in [0.2, 0.25) is 0 Å². The van der Waals surface area contributed by atoms with Gasteiger partial charge in [0.25, 0.3) is 17.5 Å². The molecule has 4 rings (SSSR count). The molecule has 0 bridgehead atoms. The molecule has 3 aliphatic rings. The molecular weight excluding hydrogens is 384 g/mol. The van der Waals surface area contributed by atoms with Gasteiger partial charge in [0.05, 0.1) is 6.10 Å². The molecule has 1 saturated carbocycles. The zero-order valence-corrected chi connectivity index (χ0v) is 16.0. The predicted molar refractivity (Wildman–Crippen MR) is 100 cm³/mol. The van der Waals surface area contributed by atoms with Gasteiger partial charge in [0.1, 0.15) is 16.8 Å². The molecule has 2 heterocycles. The second kappa shape index (κ2) is 7.14. The summed E-state index contributed by atoms with van der Waals surface area (Å²) in [6.07, 6.45) is 1.51. The van der Waals surface area contributed by atoms with Gasteiger partial charge in [-0.2, -0.15) is 0 Å². The summed E-state index contributed by atoms with van der Waals surface area (Å²) in [5.74, 6) is -1.23. The molecule has 0 aromatic heterocycles. The lowest BCUT2D eigenvalue weighted by Gasteiger charge is -2.56. The number of carbonyl (C=O) groups excluding carboxylic acids is 2. The Balaban J connectivity index is 1.51. The Hall–Kier alpha value is -2.52. The highest BCUT2D eigenvalue weighted by atomic mass is 32.2. The summed E-state index contributed by atoms with van der Waals surface area (Å²) >= 11 is 1.38. The van der Waals surface area contributed by atoms with Crippen molar-refractivity contribution in [3.05, 3.63) is 41.6 Å². The van der Waals surface area contributed by atoms with E-state index in [2.05, 4.69) is 5.32 Å². The number of hydrogen-bond acceptors (Lipinski definition) is 6. The monoisotopic (exact) mass is 404 g/mol. The molecule has 2 fully saturated rings. The van der Waals surface area contributed by atoms with Crippen LogP contribution >= 0.6 is 11.8 Å². The number of nitrogens with zero attached hydrogens (tertiary/aromatic N) is 1. The second-order valence-corrected chi connectivity index (χ2v) is 8.04. The van der Waals surface area contributed by atoms with Crippen LogP contribution in [0, 0.1) is 0 Å². The van der Waals surface area contributed by atoms with E-state index >= 15 is 0 Å². The maximum atomic E-state index is 13.0. The van der Waals surface area contributed by atoms with E-state index in [1.807, 2.05) is 6.07 Å². The van der Waals surface area contributed by atoms with Gasteiger partial charge in [-0.25, -0.2) is 4.79 Å². The first-order chi connectivity index (χ1) is 13.4. The average Bonchev–Trinajstić information content (AvgIpc) is 3.49. The lowest BCUT2D eigenvalue weighted by molar-refractivity contribution is -0.201. The summed E-state index contributed by atoms with van der Waals surface area (Å²) in [5.41, 5.74) is -0.968. The molecule has 1 saturated heterocycles. The number of para-hydroxylation sites is 1. The third-order valence-electron chi connectivity index (χ3n) is 4.74. The normalized spacial score (nSPS) is 26.4. The van der Waals surface area contributed by atoms with E-state index in [9.17, 15) is 19.5 Å². The van der Waals surface area contributed by atoms with Crippen LogP contribution in [0.15, 0.2) is 41.6 Å². The molecular formula is C19H20N2O6S. The fourth-order valence-corrected chi connectivity index (χ4v) is 4.64. The number of aliphatic carboxylic acids is 1. The summed E-state index contributed by atoms with van der Waals surface area (Å²) < 4.78 is 11.4. The average molecular weight is 404 g/mol. The number of hydrogen-bond donors (Lipinski definition) is 2. The first kappa shape index (κ1) is 18.8. The third kappa shape index (κ3) is 3.24. The number of carboxylic acid groups (broad SMARTS) is 1. The van der Waals surface area contributed by atoms with Crippen molar-refractivity contribution in [2.45, 2.75) is 37.0 Å². The number of benzene rings is 1. The predicted octanol–water partition coefficient (Wildman–Crippen LogP) is 1.33. The Morgan fingerprint density at radius 3 is 2.68 bits per heavy atom. The lowest BCUT2D eigenvalue weighted by Crippen LogP contribution is -2.81. The van der Waals surface area contributed by atoms with Gasteiger partial charge in [-0.1, -0.05) is 18.2 Å². The highest BCUT2D eigenvalue weighted by Crippen LogP contribution is 2.48. The van der Waals surface area contributed by atoms with Gasteiger partial charge >= 0.3 is 5.97 Å². The van der Waals surface area contributed by atoms with Crippen molar-refractivity contribution in [1.82, 2.24) is 10.2 Å². The van der Waals surface area contributed by atoms with Crippen LogP contribution in [0.1, 0.15) is 19.8 Å². The molecule has 2 aliphatic heterocycles. The van der Waals surface area contributed by atoms with Crippen LogP contribution in [-0.4, -0.2) is 57.4 Å². The maximum absolute atomic E-state index is 13.0. The topological polar surface area (TPSA) is 105 Å². The minimum absolute atomic E-state index is 0.0291. The van der Waals surface area contributed by atoms with Gasteiger partial charge in [-0.3, -0.25) is 14.5 Å². The molecule has 1 aromatic carbocycles. The van der Waals surface area contributed by atoms with Crippen molar-refractivity contribution in [2.75, 3.05) is 12.4 Å². The van der Waals surface area contributed by atoms with E-state index in [4.69, 9.17) is 9.47 Å². The molecule has 148 valence electrons. The largest absolute Gasteiger partial charge is 0.484 e. The molecule has 0 radical (unpaired) electrons. The molecule has 9 heteroatoms. The van der Waals surface area contributed by atoms with Crippen molar-refractivity contribution in [3.8, 4) is 5.75 Å². The summed E-state index contributed by atoms with van der Waals surface area (Å²) in [6, 6.07) is 8.87. The first-order valence-electron chi connectivity index (χ1n) is 8.97. The van der Waals surface area contributed by atoms with Crippen molar-refractivity contribution in [2.24, 2.45) is 0 Å². The van der Waals surface area contributed by atoms with E-state index < -0.39 is 28.9 Å². The highest BCUT2D eigenvalue weighted by molar-refractivity contribution is 8.00. The molecule has 8 nitrogen and oxygen atoms in total. The molecule has 1 aliphatic carbocycles. The number of amides is 2. The number of carboxylic acids is 1. The van der Waals surface area contributed by atoms with Gasteiger partial charge in [-0.05, 0) is 37.5 Å². The molecule has 0 spiro atoms. The Morgan fingerprint density at radius 1 is 1.32 bits per heavy atom. The fourth-order valence-electron chi connectivity index (χ4n) is 3.29. The standard InChI is InChI=1S/C19H20N2O6S/c1-11-10-28-18-19(27-13-7-8-13,17(25)21(18)15(11)16(23)24)20-14(22)9-26-12-5-3-2-4-6-12/h2-6,13,18H,7-10H2,1H3,(H,20,22)(H,23,24)/t18-,19?/m1/s1. The van der Waals surface area contributed by atoms with Crippen LogP contribution in [0.5, 0.6) is 5.75 Å². The number of fused-ring (bicyclic) bond motifs is 1. The van der Waals surface area contributed by atoms with Crippen LogP contribution in [0.3, 0.4) is 0 Å². The van der Waals surface area contributed by atoms with Crippen LogP contribution in [0.25, 0.3) is 0 Å². The van der Waals surface area contributed by atoms with E-state index in [1.54, 1.807) is 31.2 Å². The van der Waals surface area contributed by atoms with Crippen LogP contribution in [-0.2, 0) is 19.1 Å². The molecule has 1 aromatic rings. The van der Waals surface area contributed by atoms with Crippen LogP contribution in [0.2, 0.25) is 0 Å². The van der Waals surface area contributed by atoms with Crippen LogP contribution in [0.4, 0.5) is 0 Å². The summed E-state index contributed by atoms with van der Waals surface area (Å²) in [6.45, 7) is 1.42. The van der Waals surface area contributed by atoms with Gasteiger partial charge in [0.15, 0.2) is 6.61 Å². The van der Waals surface area contributed by atoms with Gasteiger partial charge in [-0.15, -0.1) is 11.8 Å². The Bertz CT molecular complexity index is 853. The SMILES string of the molecule is CC1=C(C(=O)O)N2C(=O)C(NC(=O)COc3ccccc3)(OC3CC3)[C@H]2SC1. The number of nitrogens with one attached hydrogen (secondary N) is 1. The number of β-lactam (4-membered cyclic amide) rings is 1. The van der Waals surface area contributed by atoms with E-state index in [-0.39, 0.29) is 18.4 Å². The van der Waals surface area contributed by atoms with Crippen molar-refractivity contribution < 1.29 is 29.0 Å². The van der Waals surface area contributed by atoms with Crippen LogP contribution < -0.4 is 10.1 Å². The Labute approximate surface area is 165 Å². The number of carbonyl (C=O) groups is 3. The van der Waals surface area contributed by atoms with Gasteiger partial charge in [0, 0.05) is 5.75 Å². The number of thioether (sulfide) groups is 1. The Kier molecular flexibility index (Phi) is 4.80. The lowest BCUT2D eigenvalue weighted by atomic mass is 9.98. The van der Waals surface area contributed by atoms with Gasteiger partial charge < -0.3 is 19.9 Å². The van der Waals surface area contributed by atoms with E-state index in [0.717, 1.165) is 12.8 Å². The molecule has 2 atom stereocenters. The zero-order valence-electron chi connectivity index (χ0n) is 15.2. The zero-order chi connectivity index (χ0) is 19.9. The maximum Gasteiger partial charge on any atom is 0.352 e. The molecule has 28 heavy (non-hydrogen) atoms. The number of ether oxygens (including phenoxy) is 2. The Morgan fingerprint density at radius 2 is 2.04 bits per heavy atom. The van der Waals surface area contributed by atoms with E-state index in [0.29, 0.717) is 17.1 Å². The number of rotatable bonds is 7. The molecule has 2 amide bonds. The summed E-state index contributed by atoms with van der Waals surface area (Å²) in [5, 5.41) is 11.6. The summed E-state index contributed by atoms with van der Waals surface area (Å²) in [4.78, 5) is 38.3. The highest BCUT2D eigenvalue weighted by Gasteiger charge is 2.68. The fraction of sp³-hybridized carbons (Fsp3) is 0.421. The van der Waals surface area contributed by atoms with Crippen molar-refractivity contribution >= 4 is 29.5 Å². The first-order valence-corrected chi connectivity index (χ1v) is 10.0. The molecule has 1 unspecified atom stereocenters. The molecule has 2 N–H and O–H groups in total. The quantitative estimate of drug-likeness (QED) is 0.522. The van der Waals surface area contributed by atoms with Crippen molar-refractivity contribution in [3.63, 3.8) is 0 Å². The smallest absolute Gasteiger partial charge is 0.352 e. The van der Waals surface area contributed by atoms with E-state index in [1.165, 1.54) is 16.7 Å². The second-order valence-electron chi connectivity index (χ2n) is 6.98.